The summed E-state index contributed by atoms with van der Waals surface area (Å²) in [7, 11) is 1.34. The lowest BCUT2D eigenvalue weighted by Gasteiger charge is -2.47. The van der Waals surface area contributed by atoms with Crippen molar-refractivity contribution in [2.75, 3.05) is 23.8 Å². The topological polar surface area (TPSA) is 203 Å². The molecule has 0 saturated carbocycles. The van der Waals surface area contributed by atoms with Crippen molar-refractivity contribution in [3.63, 3.8) is 0 Å². The van der Waals surface area contributed by atoms with Crippen molar-refractivity contribution in [2.24, 2.45) is 7.05 Å². The molecule has 18 nitrogen and oxygen atoms in total. The molecule has 1 aromatic carbocycles. The monoisotopic (exact) mass is 745 g/mol. The van der Waals surface area contributed by atoms with Crippen LogP contribution in [-0.2, 0) is 40.4 Å². The molecular formula is C33H41F2N9O9. The summed E-state index contributed by atoms with van der Waals surface area (Å²) in [5.41, 5.74) is -1.25. The predicted molar refractivity (Wildman–Crippen MR) is 179 cm³/mol. The van der Waals surface area contributed by atoms with Crippen LogP contribution < -0.4 is 21.1 Å². The first kappa shape index (κ1) is 37.5. The van der Waals surface area contributed by atoms with Gasteiger partial charge in [-0.3, -0.25) is 19.3 Å². The van der Waals surface area contributed by atoms with Gasteiger partial charge < -0.3 is 34.3 Å². The number of esters is 3. The Bertz CT molecular complexity index is 1940. The van der Waals surface area contributed by atoms with Gasteiger partial charge in [-0.15, -0.1) is 0 Å². The number of nitrogens with one attached hydrogen (secondary N) is 2. The van der Waals surface area contributed by atoms with E-state index in [1.54, 1.807) is 0 Å². The van der Waals surface area contributed by atoms with Crippen molar-refractivity contribution in [3.8, 4) is 11.4 Å². The quantitative estimate of drug-likeness (QED) is 0.225. The first-order chi connectivity index (χ1) is 25.1. The number of benzene rings is 1. The number of hydrogen-bond acceptors (Lipinski definition) is 16. The zero-order valence-electron chi connectivity index (χ0n) is 30.0. The van der Waals surface area contributed by atoms with Gasteiger partial charge >= 0.3 is 23.6 Å². The van der Waals surface area contributed by atoms with Crippen molar-refractivity contribution in [3.05, 3.63) is 40.4 Å². The third-order valence-corrected chi connectivity index (χ3v) is 9.33. The van der Waals surface area contributed by atoms with E-state index >= 15 is 8.78 Å². The molecule has 286 valence electrons. The maximum absolute atomic E-state index is 15.9. The Hall–Kier alpha value is -5.24. The van der Waals surface area contributed by atoms with E-state index in [0.717, 1.165) is 80.7 Å². The third-order valence-electron chi connectivity index (χ3n) is 9.33. The molecule has 0 aliphatic carbocycles. The molecule has 2 aromatic heterocycles. The number of fused-ring (bicyclic) bond motifs is 1. The second-order valence-electron chi connectivity index (χ2n) is 13.8. The van der Waals surface area contributed by atoms with Crippen molar-refractivity contribution in [2.45, 2.75) is 103 Å². The summed E-state index contributed by atoms with van der Waals surface area (Å²) in [5.74, 6) is -4.51. The van der Waals surface area contributed by atoms with E-state index in [-0.39, 0.29) is 47.1 Å². The van der Waals surface area contributed by atoms with Crippen LogP contribution in [0.2, 0.25) is 0 Å². The van der Waals surface area contributed by atoms with Gasteiger partial charge in [-0.1, -0.05) is 0 Å². The van der Waals surface area contributed by atoms with Gasteiger partial charge in [0.15, 0.2) is 35.4 Å². The number of hydrogen-bond donors (Lipinski definition) is 2. The Balaban J connectivity index is 1.30. The molecule has 0 amide bonds. The van der Waals surface area contributed by atoms with E-state index in [2.05, 4.69) is 49.8 Å². The number of rotatable bonds is 10. The maximum atomic E-state index is 15.9. The van der Waals surface area contributed by atoms with Crippen molar-refractivity contribution >= 4 is 35.4 Å². The zero-order valence-corrected chi connectivity index (χ0v) is 30.0. The number of aryl methyl sites for hydroxylation is 1. The van der Waals surface area contributed by atoms with Crippen molar-refractivity contribution < 1.29 is 46.8 Å². The molecular weight excluding hydrogens is 704 g/mol. The maximum Gasteiger partial charge on any atom is 0.368 e. The summed E-state index contributed by atoms with van der Waals surface area (Å²) in [6, 6.07) is 2.37. The first-order valence-corrected chi connectivity index (χ1v) is 17.1. The van der Waals surface area contributed by atoms with Gasteiger partial charge in [0.2, 0.25) is 18.3 Å². The molecule has 3 saturated heterocycles. The fourth-order valence-electron chi connectivity index (χ4n) is 7.26. The minimum absolute atomic E-state index is 0.0548. The van der Waals surface area contributed by atoms with Gasteiger partial charge in [0.25, 0.3) is 0 Å². The highest BCUT2D eigenvalue weighted by Crippen LogP contribution is 2.39. The number of carbonyl (C=O) groups is 3. The smallest absolute Gasteiger partial charge is 0.368 e. The summed E-state index contributed by atoms with van der Waals surface area (Å²) >= 11 is 0. The number of anilines is 3. The Morgan fingerprint density at radius 1 is 1.00 bits per heavy atom. The Labute approximate surface area is 302 Å². The van der Waals surface area contributed by atoms with Crippen LogP contribution >= 0.6 is 0 Å². The molecule has 0 spiro atoms. The lowest BCUT2D eigenvalue weighted by Crippen LogP contribution is -2.59. The van der Waals surface area contributed by atoms with E-state index < -0.39 is 59.8 Å². The zero-order chi connectivity index (χ0) is 38.2. The van der Waals surface area contributed by atoms with Crippen LogP contribution in [0.3, 0.4) is 0 Å². The number of aromatic nitrogens is 6. The van der Waals surface area contributed by atoms with Crippen molar-refractivity contribution in [1.29, 1.82) is 0 Å². The fraction of sp³-hybridized carbons (Fsp3) is 0.576. The summed E-state index contributed by atoms with van der Waals surface area (Å²) in [6.07, 6.45) is -0.952. The standard InChI is InChI=1S/C33H41F2N9O9/c1-16(45)50-26-15-49-30(28(52-18(3)47)27(26)51-17(2)46)53-25-11-21(34)23(12-24(25)44-32(48)42(6)40-41-44)38-31-36-14-22(35)29(39-31)37-19-10-20-8-7-9-43(20)33(4,5)13-19/h11-12,14,19-20,26-28,30H,7-10,13,15H2,1-6H3,(H2,36,37,38,39)/t19-,20+,26-,27-,28+,30?/m1/s1. The van der Waals surface area contributed by atoms with Crippen LogP contribution in [0.5, 0.6) is 5.75 Å². The molecule has 3 aromatic rings. The van der Waals surface area contributed by atoms with Gasteiger partial charge in [-0.2, -0.15) is 14.3 Å². The highest BCUT2D eigenvalue weighted by atomic mass is 19.1. The summed E-state index contributed by atoms with van der Waals surface area (Å²) in [5, 5.41) is 13.5. The third kappa shape index (κ3) is 8.22. The molecule has 0 radical (unpaired) electrons. The number of tetrazole rings is 1. The average molecular weight is 746 g/mol. The fourth-order valence-corrected chi connectivity index (χ4v) is 7.26. The molecule has 5 heterocycles. The summed E-state index contributed by atoms with van der Waals surface area (Å²) in [4.78, 5) is 59.8. The average Bonchev–Trinajstić information content (AvgIpc) is 3.68. The van der Waals surface area contributed by atoms with Crippen LogP contribution in [0.4, 0.5) is 26.2 Å². The highest BCUT2D eigenvalue weighted by molar-refractivity contribution is 5.68. The SMILES string of the molecule is CC(=O)O[C@H]1[C@H](OC(C)=O)C(Oc2cc(F)c(Nc3ncc(F)c(N[C@@H]4C[C@@H]5CCCN5C(C)(C)C4)n3)cc2-n2nnn(C)c2=O)OC[C@H]1OC(C)=O. The molecule has 0 bridgehead atoms. The Morgan fingerprint density at radius 2 is 1.72 bits per heavy atom. The number of carbonyl (C=O) groups excluding carboxylic acids is 3. The lowest BCUT2D eigenvalue weighted by molar-refractivity contribution is -0.259. The molecule has 6 atom stereocenters. The van der Waals surface area contributed by atoms with Gasteiger partial charge in [-0.25, -0.2) is 18.6 Å². The predicted octanol–water partition coefficient (Wildman–Crippen LogP) is 2.13. The number of piperidine rings is 1. The number of ether oxygens (including phenoxy) is 5. The van der Waals surface area contributed by atoms with Crippen molar-refractivity contribution in [1.82, 2.24) is 34.7 Å². The van der Waals surface area contributed by atoms with E-state index in [1.807, 2.05) is 0 Å². The molecule has 3 fully saturated rings. The van der Waals surface area contributed by atoms with E-state index in [1.165, 1.54) is 7.05 Å². The number of halogens is 2. The van der Waals surface area contributed by atoms with Gasteiger partial charge in [0, 0.05) is 51.5 Å². The second-order valence-corrected chi connectivity index (χ2v) is 13.8. The first-order valence-electron chi connectivity index (χ1n) is 17.1. The van der Waals surface area contributed by atoms with Crippen LogP contribution in [0.25, 0.3) is 5.69 Å². The highest BCUT2D eigenvalue weighted by Gasteiger charge is 2.49. The second kappa shape index (κ2) is 15.0. The minimum Gasteiger partial charge on any atom is -0.458 e. The van der Waals surface area contributed by atoms with Gasteiger partial charge in [-0.05, 0) is 62.6 Å². The van der Waals surface area contributed by atoms with E-state index in [9.17, 15) is 19.2 Å². The normalized spacial score (nSPS) is 25.2. The molecule has 3 aliphatic rings. The van der Waals surface area contributed by atoms with Crippen LogP contribution in [0.1, 0.15) is 60.3 Å². The largest absolute Gasteiger partial charge is 0.458 e. The Kier molecular flexibility index (Phi) is 10.6. The van der Waals surface area contributed by atoms with Gasteiger partial charge in [0.05, 0.1) is 18.5 Å². The summed E-state index contributed by atoms with van der Waals surface area (Å²) < 4.78 is 60.4. The molecule has 6 rings (SSSR count). The molecule has 20 heteroatoms. The summed E-state index contributed by atoms with van der Waals surface area (Å²) in [6.45, 7) is 8.32. The molecule has 3 aliphatic heterocycles. The number of nitrogens with zero attached hydrogens (tertiary/aromatic N) is 7. The van der Waals surface area contributed by atoms with Crippen LogP contribution in [0, 0.1) is 11.6 Å². The molecule has 53 heavy (non-hydrogen) atoms. The Morgan fingerprint density at radius 3 is 2.40 bits per heavy atom. The molecule has 2 N–H and O–H groups in total. The lowest BCUT2D eigenvalue weighted by atomic mass is 9.84. The van der Waals surface area contributed by atoms with Crippen LogP contribution in [-0.4, -0.2) is 108 Å². The van der Waals surface area contributed by atoms with Gasteiger partial charge in [0.1, 0.15) is 5.69 Å². The van der Waals surface area contributed by atoms with E-state index in [4.69, 9.17) is 23.7 Å². The minimum atomic E-state index is -1.57. The van der Waals surface area contributed by atoms with E-state index in [0.29, 0.717) is 6.04 Å². The van der Waals surface area contributed by atoms with Crippen LogP contribution in [0.15, 0.2) is 23.1 Å². The molecule has 1 unspecified atom stereocenters.